The molecule has 1 aromatic heterocycles. The molecular weight excluding hydrogens is 232 g/mol. The van der Waals surface area contributed by atoms with Crippen LogP contribution in [0.15, 0.2) is 15.7 Å². The molecule has 0 radical (unpaired) electrons. The summed E-state index contributed by atoms with van der Waals surface area (Å²) in [4.78, 5) is 0. The van der Waals surface area contributed by atoms with Gasteiger partial charge in [0, 0.05) is 24.2 Å². The molecule has 15 heavy (non-hydrogen) atoms. The molecule has 0 saturated carbocycles. The monoisotopic (exact) mass is 246 g/mol. The van der Waals surface area contributed by atoms with Gasteiger partial charge in [-0.25, -0.2) is 8.42 Å². The average Bonchev–Trinajstić information content (AvgIpc) is 2.74. The Morgan fingerprint density at radius 1 is 1.60 bits per heavy atom. The van der Waals surface area contributed by atoms with Crippen molar-refractivity contribution in [2.24, 2.45) is 5.92 Å². The van der Waals surface area contributed by atoms with Gasteiger partial charge in [0.2, 0.25) is 0 Å². The molecule has 2 heterocycles. The first-order valence-electron chi connectivity index (χ1n) is 4.84. The molecular formula is C9H14N2O2S2. The van der Waals surface area contributed by atoms with Crippen LogP contribution >= 0.6 is 11.3 Å². The number of hydrogen-bond donors (Lipinski definition) is 1. The Morgan fingerprint density at radius 2 is 2.33 bits per heavy atom. The molecule has 0 spiro atoms. The standard InChI is InChI=1S/C9H14N2O2S2/c1-7-2-3-11(5-7)15(12,13)9-4-8(10)6-14-9/h4,6-7H,2-3,5,10H2,1H3. The van der Waals surface area contributed by atoms with Crippen LogP contribution in [-0.2, 0) is 10.0 Å². The highest BCUT2D eigenvalue weighted by Crippen LogP contribution is 2.28. The molecule has 1 aliphatic rings. The number of hydrogen-bond acceptors (Lipinski definition) is 4. The third kappa shape index (κ3) is 2.02. The van der Waals surface area contributed by atoms with E-state index in [-0.39, 0.29) is 0 Å². The number of anilines is 1. The Balaban J connectivity index is 2.27. The van der Waals surface area contributed by atoms with Crippen LogP contribution < -0.4 is 5.73 Å². The van der Waals surface area contributed by atoms with E-state index in [0.29, 0.717) is 28.9 Å². The highest BCUT2D eigenvalue weighted by molar-refractivity contribution is 7.91. The SMILES string of the molecule is CC1CCN(S(=O)(=O)c2cc(N)cs2)C1. The van der Waals surface area contributed by atoms with Crippen molar-refractivity contribution in [1.29, 1.82) is 0 Å². The molecule has 1 aromatic rings. The number of thiophene rings is 1. The van der Waals surface area contributed by atoms with Crippen molar-refractivity contribution < 1.29 is 8.42 Å². The average molecular weight is 246 g/mol. The lowest BCUT2D eigenvalue weighted by molar-refractivity contribution is 0.466. The molecule has 0 bridgehead atoms. The fourth-order valence-electron chi connectivity index (χ4n) is 1.71. The molecule has 2 N–H and O–H groups in total. The summed E-state index contributed by atoms with van der Waals surface area (Å²) in [7, 11) is -3.28. The normalized spacial score (nSPS) is 23.4. The van der Waals surface area contributed by atoms with E-state index >= 15 is 0 Å². The van der Waals surface area contributed by atoms with E-state index in [4.69, 9.17) is 5.73 Å². The second-order valence-electron chi connectivity index (χ2n) is 3.96. The van der Waals surface area contributed by atoms with Crippen LogP contribution in [0.25, 0.3) is 0 Å². The molecule has 0 amide bonds. The smallest absolute Gasteiger partial charge is 0.252 e. The van der Waals surface area contributed by atoms with Crippen molar-refractivity contribution in [1.82, 2.24) is 4.31 Å². The highest BCUT2D eigenvalue weighted by atomic mass is 32.2. The zero-order valence-electron chi connectivity index (χ0n) is 8.51. The lowest BCUT2D eigenvalue weighted by atomic mass is 10.2. The fraction of sp³-hybridized carbons (Fsp3) is 0.556. The molecule has 6 heteroatoms. The molecule has 1 aliphatic heterocycles. The van der Waals surface area contributed by atoms with Crippen LogP contribution in [0.1, 0.15) is 13.3 Å². The minimum atomic E-state index is -3.28. The van der Waals surface area contributed by atoms with Gasteiger partial charge in [0.25, 0.3) is 10.0 Å². The molecule has 1 fully saturated rings. The summed E-state index contributed by atoms with van der Waals surface area (Å²) in [6, 6.07) is 1.53. The lowest BCUT2D eigenvalue weighted by Crippen LogP contribution is -2.27. The number of rotatable bonds is 2. The van der Waals surface area contributed by atoms with Crippen molar-refractivity contribution in [3.05, 3.63) is 11.4 Å². The fourth-order valence-corrected chi connectivity index (χ4v) is 4.51. The highest BCUT2D eigenvalue weighted by Gasteiger charge is 2.31. The first-order valence-corrected chi connectivity index (χ1v) is 7.16. The Bertz CT molecular complexity index is 452. The molecule has 1 unspecified atom stereocenters. The van der Waals surface area contributed by atoms with Crippen molar-refractivity contribution in [2.45, 2.75) is 17.6 Å². The van der Waals surface area contributed by atoms with E-state index in [1.54, 1.807) is 9.69 Å². The number of sulfonamides is 1. The Hall–Kier alpha value is -0.590. The van der Waals surface area contributed by atoms with E-state index in [0.717, 1.165) is 6.42 Å². The minimum Gasteiger partial charge on any atom is -0.398 e. The Kier molecular flexibility index (Phi) is 2.74. The maximum atomic E-state index is 12.1. The van der Waals surface area contributed by atoms with Gasteiger partial charge in [-0.15, -0.1) is 11.3 Å². The summed E-state index contributed by atoms with van der Waals surface area (Å²) in [6.07, 6.45) is 0.945. The van der Waals surface area contributed by atoms with E-state index in [1.807, 2.05) is 0 Å². The molecule has 0 aromatic carbocycles. The van der Waals surface area contributed by atoms with Crippen molar-refractivity contribution in [2.75, 3.05) is 18.8 Å². The van der Waals surface area contributed by atoms with Crippen molar-refractivity contribution in [3.63, 3.8) is 0 Å². The van der Waals surface area contributed by atoms with Crippen LogP contribution in [0, 0.1) is 5.92 Å². The lowest BCUT2D eigenvalue weighted by Gasteiger charge is -2.14. The largest absolute Gasteiger partial charge is 0.398 e. The van der Waals surface area contributed by atoms with Gasteiger partial charge in [0.1, 0.15) is 4.21 Å². The summed E-state index contributed by atoms with van der Waals surface area (Å²) in [5.41, 5.74) is 6.05. The van der Waals surface area contributed by atoms with Crippen LogP contribution in [0.5, 0.6) is 0 Å². The first-order chi connectivity index (χ1) is 7.00. The van der Waals surface area contributed by atoms with Crippen LogP contribution in [0.4, 0.5) is 5.69 Å². The van der Waals surface area contributed by atoms with Crippen LogP contribution in [0.2, 0.25) is 0 Å². The summed E-state index contributed by atoms with van der Waals surface area (Å²) in [5.74, 6) is 0.456. The van der Waals surface area contributed by atoms with Crippen LogP contribution in [0.3, 0.4) is 0 Å². The summed E-state index contributed by atoms with van der Waals surface area (Å²) in [6.45, 7) is 3.32. The van der Waals surface area contributed by atoms with Gasteiger partial charge in [-0.3, -0.25) is 0 Å². The van der Waals surface area contributed by atoms with Gasteiger partial charge in [0.05, 0.1) is 0 Å². The van der Waals surface area contributed by atoms with E-state index in [9.17, 15) is 8.42 Å². The zero-order valence-corrected chi connectivity index (χ0v) is 10.1. The second-order valence-corrected chi connectivity index (χ2v) is 7.03. The molecule has 0 aliphatic carbocycles. The number of nitrogen functional groups attached to an aromatic ring is 1. The van der Waals surface area contributed by atoms with E-state index in [1.165, 1.54) is 17.4 Å². The molecule has 2 rings (SSSR count). The topological polar surface area (TPSA) is 63.4 Å². The Labute approximate surface area is 93.8 Å². The minimum absolute atomic E-state index is 0.356. The van der Waals surface area contributed by atoms with Crippen molar-refractivity contribution in [3.8, 4) is 0 Å². The third-order valence-electron chi connectivity index (χ3n) is 2.58. The van der Waals surface area contributed by atoms with E-state index < -0.39 is 10.0 Å². The molecule has 84 valence electrons. The molecule has 1 atom stereocenters. The number of nitrogens with two attached hydrogens (primary N) is 1. The zero-order chi connectivity index (χ0) is 11.1. The number of nitrogens with zero attached hydrogens (tertiary/aromatic N) is 1. The predicted octanol–water partition coefficient (Wildman–Crippen LogP) is 1.36. The quantitative estimate of drug-likeness (QED) is 0.857. The molecule has 1 saturated heterocycles. The van der Waals surface area contributed by atoms with Gasteiger partial charge >= 0.3 is 0 Å². The summed E-state index contributed by atoms with van der Waals surface area (Å²) < 4.78 is 26.0. The Morgan fingerprint density at radius 3 is 2.80 bits per heavy atom. The maximum absolute atomic E-state index is 12.1. The van der Waals surface area contributed by atoms with Gasteiger partial charge in [-0.1, -0.05) is 6.92 Å². The van der Waals surface area contributed by atoms with Gasteiger partial charge in [0.15, 0.2) is 0 Å². The summed E-state index contributed by atoms with van der Waals surface area (Å²) in [5, 5.41) is 1.66. The van der Waals surface area contributed by atoms with E-state index in [2.05, 4.69) is 6.92 Å². The maximum Gasteiger partial charge on any atom is 0.252 e. The van der Waals surface area contributed by atoms with Gasteiger partial charge in [-0.2, -0.15) is 4.31 Å². The first kappa shape index (κ1) is 10.9. The third-order valence-corrected chi connectivity index (χ3v) is 5.87. The van der Waals surface area contributed by atoms with Crippen LogP contribution in [-0.4, -0.2) is 25.8 Å². The second kappa shape index (κ2) is 3.77. The van der Waals surface area contributed by atoms with Crippen molar-refractivity contribution >= 4 is 27.0 Å². The predicted molar refractivity (Wildman–Crippen MR) is 61.3 cm³/mol. The van der Waals surface area contributed by atoms with Gasteiger partial charge in [-0.05, 0) is 18.4 Å². The van der Waals surface area contributed by atoms with Gasteiger partial charge < -0.3 is 5.73 Å². The molecule has 4 nitrogen and oxygen atoms in total. The summed E-state index contributed by atoms with van der Waals surface area (Å²) >= 11 is 1.19.